The SMILES string of the molecule is Cl.O=C(Nc1ccc(Nc2c3ccccc3nc3ccccc23)cc1)OCC(O)CO. The molecule has 0 aliphatic rings. The smallest absolute Gasteiger partial charge is 0.411 e. The minimum atomic E-state index is -1.09. The number of aromatic nitrogens is 1. The predicted octanol–water partition coefficient (Wildman–Crippen LogP) is 4.46. The van der Waals surface area contributed by atoms with Crippen molar-refractivity contribution in [3.63, 3.8) is 0 Å². The van der Waals surface area contributed by atoms with E-state index in [0.29, 0.717) is 5.69 Å². The molecule has 1 unspecified atom stereocenters. The van der Waals surface area contributed by atoms with Gasteiger partial charge in [0, 0.05) is 22.1 Å². The topological polar surface area (TPSA) is 104 Å². The van der Waals surface area contributed by atoms with Gasteiger partial charge in [0.05, 0.1) is 23.3 Å². The fourth-order valence-corrected chi connectivity index (χ4v) is 3.13. The molecule has 31 heavy (non-hydrogen) atoms. The number of para-hydroxylation sites is 2. The van der Waals surface area contributed by atoms with Crippen LogP contribution in [0.25, 0.3) is 21.8 Å². The quantitative estimate of drug-likeness (QED) is 0.331. The molecule has 0 radical (unpaired) electrons. The van der Waals surface area contributed by atoms with Gasteiger partial charge < -0.3 is 20.3 Å². The molecule has 0 spiro atoms. The van der Waals surface area contributed by atoms with Gasteiger partial charge in [0.15, 0.2) is 0 Å². The third kappa shape index (κ3) is 5.21. The molecule has 4 rings (SSSR count). The van der Waals surface area contributed by atoms with Crippen molar-refractivity contribution >= 4 is 57.4 Å². The van der Waals surface area contributed by atoms with Gasteiger partial charge in [0.25, 0.3) is 0 Å². The standard InChI is InChI=1S/C23H21N3O4.ClH/c27-13-17(28)14-30-23(29)25-16-11-9-15(10-12-16)24-22-18-5-1-3-7-20(18)26-21-8-4-2-6-19(21)22;/h1-12,17,27-28H,13-14H2,(H,24,26)(H,25,29);1H. The molecule has 1 amide bonds. The molecule has 8 heteroatoms. The van der Waals surface area contributed by atoms with E-state index in [-0.39, 0.29) is 19.0 Å². The number of rotatable bonds is 6. The van der Waals surface area contributed by atoms with E-state index in [9.17, 15) is 9.90 Å². The summed E-state index contributed by atoms with van der Waals surface area (Å²) < 4.78 is 4.84. The van der Waals surface area contributed by atoms with Gasteiger partial charge in [0.1, 0.15) is 12.7 Å². The molecule has 1 heterocycles. The van der Waals surface area contributed by atoms with Crippen molar-refractivity contribution in [2.75, 3.05) is 23.8 Å². The number of hydrogen-bond donors (Lipinski definition) is 4. The van der Waals surface area contributed by atoms with Gasteiger partial charge in [-0.05, 0) is 36.4 Å². The summed E-state index contributed by atoms with van der Waals surface area (Å²) in [4.78, 5) is 16.5. The molecule has 1 aromatic heterocycles. The minimum absolute atomic E-state index is 0. The third-order valence-electron chi connectivity index (χ3n) is 4.61. The summed E-state index contributed by atoms with van der Waals surface area (Å²) in [6, 6.07) is 23.1. The van der Waals surface area contributed by atoms with E-state index in [4.69, 9.17) is 14.8 Å². The highest BCUT2D eigenvalue weighted by Gasteiger charge is 2.10. The first-order chi connectivity index (χ1) is 14.6. The molecule has 0 fully saturated rings. The predicted molar refractivity (Wildman–Crippen MR) is 124 cm³/mol. The maximum Gasteiger partial charge on any atom is 0.411 e. The van der Waals surface area contributed by atoms with Gasteiger partial charge >= 0.3 is 6.09 Å². The summed E-state index contributed by atoms with van der Waals surface area (Å²) in [7, 11) is 0. The zero-order valence-electron chi connectivity index (χ0n) is 16.5. The molecule has 0 aliphatic heterocycles. The van der Waals surface area contributed by atoms with Crippen molar-refractivity contribution < 1.29 is 19.7 Å². The fraction of sp³-hybridized carbons (Fsp3) is 0.130. The largest absolute Gasteiger partial charge is 0.446 e. The first-order valence-electron chi connectivity index (χ1n) is 9.51. The maximum atomic E-state index is 11.8. The highest BCUT2D eigenvalue weighted by atomic mass is 35.5. The summed E-state index contributed by atoms with van der Waals surface area (Å²) in [6.45, 7) is -0.740. The number of nitrogens with zero attached hydrogens (tertiary/aromatic N) is 1. The molecule has 4 aromatic rings. The van der Waals surface area contributed by atoms with Crippen molar-refractivity contribution in [3.05, 3.63) is 72.8 Å². The number of nitrogens with one attached hydrogen (secondary N) is 2. The second kappa shape index (κ2) is 10.1. The van der Waals surface area contributed by atoms with Crippen LogP contribution in [-0.2, 0) is 4.74 Å². The first-order valence-corrected chi connectivity index (χ1v) is 9.51. The average molecular weight is 440 g/mol. The highest BCUT2D eigenvalue weighted by Crippen LogP contribution is 2.33. The van der Waals surface area contributed by atoms with Crippen molar-refractivity contribution in [1.82, 2.24) is 4.98 Å². The van der Waals surface area contributed by atoms with Gasteiger partial charge in [-0.2, -0.15) is 0 Å². The summed E-state index contributed by atoms with van der Waals surface area (Å²) in [5.41, 5.74) is 4.18. The number of carbonyl (C=O) groups is 1. The fourth-order valence-electron chi connectivity index (χ4n) is 3.13. The number of hydrogen-bond acceptors (Lipinski definition) is 6. The van der Waals surface area contributed by atoms with E-state index < -0.39 is 18.8 Å². The zero-order chi connectivity index (χ0) is 20.9. The van der Waals surface area contributed by atoms with E-state index in [0.717, 1.165) is 33.2 Å². The van der Waals surface area contributed by atoms with Crippen LogP contribution in [0.1, 0.15) is 0 Å². The van der Waals surface area contributed by atoms with E-state index in [1.54, 1.807) is 12.1 Å². The first kappa shape index (κ1) is 22.3. The van der Waals surface area contributed by atoms with Crippen LogP contribution in [0.5, 0.6) is 0 Å². The second-order valence-electron chi connectivity index (χ2n) is 6.78. The van der Waals surface area contributed by atoms with E-state index in [1.807, 2.05) is 60.7 Å². The molecule has 0 saturated heterocycles. The Morgan fingerprint density at radius 1 is 0.903 bits per heavy atom. The number of carbonyl (C=O) groups excluding carboxylic acids is 1. The van der Waals surface area contributed by atoms with Gasteiger partial charge in [-0.25, -0.2) is 9.78 Å². The van der Waals surface area contributed by atoms with Crippen molar-refractivity contribution in [2.45, 2.75) is 6.10 Å². The van der Waals surface area contributed by atoms with Crippen molar-refractivity contribution in [1.29, 1.82) is 0 Å². The normalized spacial score (nSPS) is 11.5. The molecule has 4 N–H and O–H groups in total. The highest BCUT2D eigenvalue weighted by molar-refractivity contribution is 6.08. The molecular weight excluding hydrogens is 418 g/mol. The number of anilines is 3. The average Bonchev–Trinajstić information content (AvgIpc) is 2.78. The summed E-state index contributed by atoms with van der Waals surface area (Å²) in [5.74, 6) is 0. The minimum Gasteiger partial charge on any atom is -0.446 e. The molecule has 0 aliphatic carbocycles. The lowest BCUT2D eigenvalue weighted by molar-refractivity contribution is 0.0362. The summed E-state index contributed by atoms with van der Waals surface area (Å²) >= 11 is 0. The van der Waals surface area contributed by atoms with Crippen LogP contribution in [0.4, 0.5) is 21.9 Å². The number of pyridine rings is 1. The number of aliphatic hydroxyl groups is 2. The number of fused-ring (bicyclic) bond motifs is 2. The Kier molecular flexibility index (Phi) is 7.25. The van der Waals surface area contributed by atoms with Crippen LogP contribution in [0.2, 0.25) is 0 Å². The molecule has 0 saturated carbocycles. The van der Waals surface area contributed by atoms with Gasteiger partial charge in [0.2, 0.25) is 0 Å². The maximum absolute atomic E-state index is 11.8. The number of aliphatic hydroxyl groups excluding tert-OH is 2. The lowest BCUT2D eigenvalue weighted by atomic mass is 10.1. The summed E-state index contributed by atoms with van der Waals surface area (Å²) in [5, 5.41) is 26.1. The Morgan fingerprint density at radius 3 is 2.03 bits per heavy atom. The molecule has 3 aromatic carbocycles. The van der Waals surface area contributed by atoms with E-state index in [2.05, 4.69) is 10.6 Å². The molecule has 0 bridgehead atoms. The zero-order valence-corrected chi connectivity index (χ0v) is 17.3. The Hall–Kier alpha value is -3.39. The van der Waals surface area contributed by atoms with Crippen LogP contribution in [0.15, 0.2) is 72.8 Å². The Balaban J connectivity index is 0.00000272. The lowest BCUT2D eigenvalue weighted by Gasteiger charge is -2.14. The van der Waals surface area contributed by atoms with Crippen LogP contribution >= 0.6 is 12.4 Å². The van der Waals surface area contributed by atoms with Crippen LogP contribution in [0, 0.1) is 0 Å². The molecule has 160 valence electrons. The Morgan fingerprint density at radius 2 is 1.45 bits per heavy atom. The second-order valence-corrected chi connectivity index (χ2v) is 6.78. The lowest BCUT2D eigenvalue weighted by Crippen LogP contribution is -2.24. The number of amides is 1. The van der Waals surface area contributed by atoms with E-state index >= 15 is 0 Å². The summed E-state index contributed by atoms with van der Waals surface area (Å²) in [6.07, 6.45) is -1.79. The molecule has 7 nitrogen and oxygen atoms in total. The van der Waals surface area contributed by atoms with Crippen molar-refractivity contribution in [2.24, 2.45) is 0 Å². The van der Waals surface area contributed by atoms with Crippen molar-refractivity contribution in [3.8, 4) is 0 Å². The van der Waals surface area contributed by atoms with Crippen LogP contribution < -0.4 is 10.6 Å². The monoisotopic (exact) mass is 439 g/mol. The molecular formula is C23H22ClN3O4. The van der Waals surface area contributed by atoms with Gasteiger partial charge in [-0.3, -0.25) is 5.32 Å². The number of ether oxygens (including phenoxy) is 1. The number of halogens is 1. The third-order valence-corrected chi connectivity index (χ3v) is 4.61. The van der Waals surface area contributed by atoms with Crippen LogP contribution in [0.3, 0.4) is 0 Å². The van der Waals surface area contributed by atoms with Gasteiger partial charge in [-0.1, -0.05) is 36.4 Å². The Bertz CT molecular complexity index is 1130. The number of benzene rings is 3. The Labute approximate surface area is 185 Å². The molecule has 1 atom stereocenters. The van der Waals surface area contributed by atoms with Gasteiger partial charge in [-0.15, -0.1) is 12.4 Å². The van der Waals surface area contributed by atoms with E-state index in [1.165, 1.54) is 0 Å². The van der Waals surface area contributed by atoms with Crippen LogP contribution in [-0.4, -0.2) is 40.6 Å².